The van der Waals surface area contributed by atoms with E-state index in [4.69, 9.17) is 4.74 Å². The maximum atomic E-state index is 14.7. The van der Waals surface area contributed by atoms with Gasteiger partial charge in [-0.1, -0.05) is 13.8 Å². The van der Waals surface area contributed by atoms with Crippen LogP contribution in [0, 0.1) is 5.82 Å². The van der Waals surface area contributed by atoms with Gasteiger partial charge in [-0.3, -0.25) is 15.0 Å². The predicted molar refractivity (Wildman–Crippen MR) is 143 cm³/mol. The van der Waals surface area contributed by atoms with E-state index < -0.39 is 11.8 Å². The van der Waals surface area contributed by atoms with Crippen molar-refractivity contribution < 1.29 is 13.9 Å². The Morgan fingerprint density at radius 1 is 1.16 bits per heavy atom. The number of aromatic nitrogens is 2. The molecule has 2 amide bonds. The molecule has 0 bridgehead atoms. The molecular formula is C27H32FN7O2. The molecule has 1 unspecified atom stereocenters. The van der Waals surface area contributed by atoms with Crippen LogP contribution in [0.1, 0.15) is 36.9 Å². The highest BCUT2D eigenvalue weighted by molar-refractivity contribution is 5.99. The number of carbonyl (C=O) groups is 1. The second-order valence-corrected chi connectivity index (χ2v) is 9.49. The van der Waals surface area contributed by atoms with E-state index in [9.17, 15) is 9.18 Å². The number of nitrogens with zero attached hydrogens (tertiary/aromatic N) is 5. The number of amides is 2. The van der Waals surface area contributed by atoms with E-state index in [1.165, 1.54) is 12.1 Å². The molecule has 0 radical (unpaired) electrons. The largest absolute Gasteiger partial charge is 0.457 e. The number of hydrazone groups is 1. The third-order valence-corrected chi connectivity index (χ3v) is 5.86. The molecule has 9 nitrogen and oxygen atoms in total. The van der Waals surface area contributed by atoms with E-state index in [-0.39, 0.29) is 17.5 Å². The molecule has 0 fully saturated rings. The molecule has 37 heavy (non-hydrogen) atoms. The smallest absolute Gasteiger partial charge is 0.323 e. The lowest BCUT2D eigenvalue weighted by molar-refractivity contribution is 0.262. The van der Waals surface area contributed by atoms with Gasteiger partial charge in [-0.05, 0) is 49.8 Å². The molecule has 2 N–H and O–H groups in total. The summed E-state index contributed by atoms with van der Waals surface area (Å²) in [6.45, 7) is 6.59. The summed E-state index contributed by atoms with van der Waals surface area (Å²) in [5, 5.41) is 11.7. The van der Waals surface area contributed by atoms with E-state index in [1.54, 1.807) is 30.7 Å². The Kier molecular flexibility index (Phi) is 8.29. The number of anilines is 2. The van der Waals surface area contributed by atoms with Crippen LogP contribution in [0.15, 0.2) is 60.1 Å². The molecule has 194 valence electrons. The second kappa shape index (κ2) is 11.8. The fraction of sp³-hybridized carbons (Fsp3) is 0.333. The van der Waals surface area contributed by atoms with Gasteiger partial charge in [0.15, 0.2) is 0 Å². The van der Waals surface area contributed by atoms with Crippen LogP contribution in [-0.4, -0.2) is 65.9 Å². The second-order valence-electron chi connectivity index (χ2n) is 9.49. The molecule has 1 aliphatic heterocycles. The van der Waals surface area contributed by atoms with Crippen LogP contribution < -0.4 is 15.4 Å². The molecule has 0 saturated heterocycles. The number of halogens is 1. The first-order chi connectivity index (χ1) is 17.8. The highest BCUT2D eigenvalue weighted by Crippen LogP contribution is 2.28. The summed E-state index contributed by atoms with van der Waals surface area (Å²) in [6, 6.07) is 9.12. The Hall–Kier alpha value is -4.05. The van der Waals surface area contributed by atoms with Crippen molar-refractivity contribution in [1.82, 2.24) is 19.9 Å². The standard InChI is InChI=1S/C27H32FN7O2/c1-18(2)19-11-21(16-29-14-19)32-27(36)33-25-6-5-22(12-24(25)28)37-23-7-8-30-26(13-23)20-15-31-35(17-20)10-9-34(3)4/h5-8,11-16,18,20H,9-10,17H2,1-4H3,(H2,32,33,36). The lowest BCUT2D eigenvalue weighted by Crippen LogP contribution is -2.27. The number of likely N-dealkylation sites (N-methyl/N-ethyl adjacent to an activating group) is 1. The number of pyridine rings is 2. The van der Waals surface area contributed by atoms with Gasteiger partial charge in [-0.25, -0.2) is 9.18 Å². The van der Waals surface area contributed by atoms with Crippen LogP contribution in [0.5, 0.6) is 11.5 Å². The number of rotatable bonds is 9. The van der Waals surface area contributed by atoms with Gasteiger partial charge in [0.2, 0.25) is 0 Å². The number of carbonyl (C=O) groups excluding carboxylic acids is 1. The highest BCUT2D eigenvalue weighted by atomic mass is 19.1. The molecule has 4 rings (SSSR count). The van der Waals surface area contributed by atoms with Crippen molar-refractivity contribution in [3.05, 3.63) is 72.1 Å². The summed E-state index contributed by atoms with van der Waals surface area (Å²) in [7, 11) is 4.06. The van der Waals surface area contributed by atoms with Gasteiger partial charge in [0.1, 0.15) is 17.3 Å². The van der Waals surface area contributed by atoms with Gasteiger partial charge in [0.25, 0.3) is 0 Å². The minimum Gasteiger partial charge on any atom is -0.457 e. The molecule has 10 heteroatoms. The Morgan fingerprint density at radius 3 is 2.73 bits per heavy atom. The Morgan fingerprint density at radius 2 is 1.97 bits per heavy atom. The molecule has 1 aliphatic rings. The SMILES string of the molecule is CC(C)c1cncc(NC(=O)Nc2ccc(Oc3ccnc(C4C=NN(CCN(C)C)C4)c3)cc2F)c1. The monoisotopic (exact) mass is 505 g/mol. The summed E-state index contributed by atoms with van der Waals surface area (Å²) in [6.07, 6.45) is 6.85. The zero-order valence-electron chi connectivity index (χ0n) is 21.5. The van der Waals surface area contributed by atoms with Gasteiger partial charge < -0.3 is 20.3 Å². The summed E-state index contributed by atoms with van der Waals surface area (Å²) in [5.41, 5.74) is 2.39. The number of hydrogen-bond acceptors (Lipinski definition) is 7. The van der Waals surface area contributed by atoms with Crippen LogP contribution >= 0.6 is 0 Å². The third kappa shape index (κ3) is 7.23. The maximum Gasteiger partial charge on any atom is 0.323 e. The van der Waals surface area contributed by atoms with E-state index in [0.717, 1.165) is 30.9 Å². The van der Waals surface area contributed by atoms with Gasteiger partial charge >= 0.3 is 6.03 Å². The summed E-state index contributed by atoms with van der Waals surface area (Å²) in [5.74, 6) is 0.565. The molecule has 2 aromatic heterocycles. The van der Waals surface area contributed by atoms with E-state index in [1.807, 2.05) is 51.3 Å². The Bertz CT molecular complexity index is 1270. The fourth-order valence-corrected chi connectivity index (χ4v) is 3.75. The third-order valence-electron chi connectivity index (χ3n) is 5.86. The zero-order chi connectivity index (χ0) is 26.4. The summed E-state index contributed by atoms with van der Waals surface area (Å²) in [4.78, 5) is 23.1. The minimum atomic E-state index is -0.615. The maximum absolute atomic E-state index is 14.7. The predicted octanol–water partition coefficient (Wildman–Crippen LogP) is 5.12. The zero-order valence-corrected chi connectivity index (χ0v) is 21.5. The van der Waals surface area contributed by atoms with Gasteiger partial charge in [0.05, 0.1) is 29.2 Å². The first-order valence-electron chi connectivity index (χ1n) is 12.2. The topological polar surface area (TPSA) is 95.0 Å². The van der Waals surface area contributed by atoms with Gasteiger partial charge in [-0.2, -0.15) is 5.10 Å². The van der Waals surface area contributed by atoms with Crippen molar-refractivity contribution in [2.45, 2.75) is 25.7 Å². The fourth-order valence-electron chi connectivity index (χ4n) is 3.75. The molecule has 1 aromatic carbocycles. The number of hydrogen-bond donors (Lipinski definition) is 2. The highest BCUT2D eigenvalue weighted by Gasteiger charge is 2.21. The molecule has 3 aromatic rings. The van der Waals surface area contributed by atoms with Crippen molar-refractivity contribution in [2.24, 2.45) is 5.10 Å². The first kappa shape index (κ1) is 26.0. The molecule has 0 saturated carbocycles. The number of urea groups is 1. The van der Waals surface area contributed by atoms with Crippen molar-refractivity contribution in [2.75, 3.05) is 44.4 Å². The molecule has 3 heterocycles. The summed E-state index contributed by atoms with van der Waals surface area (Å²) < 4.78 is 20.6. The lowest BCUT2D eigenvalue weighted by Gasteiger charge is -2.18. The molecule has 0 aliphatic carbocycles. The van der Waals surface area contributed by atoms with Crippen molar-refractivity contribution in [3.8, 4) is 11.5 Å². The number of nitrogens with one attached hydrogen (secondary N) is 2. The number of ether oxygens (including phenoxy) is 1. The van der Waals surface area contributed by atoms with Crippen molar-refractivity contribution in [3.63, 3.8) is 0 Å². The molecule has 1 atom stereocenters. The Labute approximate surface area is 216 Å². The van der Waals surface area contributed by atoms with Crippen molar-refractivity contribution >= 4 is 23.6 Å². The van der Waals surface area contributed by atoms with E-state index in [2.05, 4.69) is 30.6 Å². The van der Waals surface area contributed by atoms with Crippen LogP contribution in [0.2, 0.25) is 0 Å². The van der Waals surface area contributed by atoms with Crippen LogP contribution in [0.4, 0.5) is 20.6 Å². The first-order valence-corrected chi connectivity index (χ1v) is 12.2. The van der Waals surface area contributed by atoms with Crippen LogP contribution in [-0.2, 0) is 0 Å². The van der Waals surface area contributed by atoms with Crippen molar-refractivity contribution in [1.29, 1.82) is 0 Å². The average Bonchev–Trinajstić information content (AvgIpc) is 3.34. The number of benzene rings is 1. The minimum absolute atomic E-state index is 0.0354. The lowest BCUT2D eigenvalue weighted by atomic mass is 10.1. The van der Waals surface area contributed by atoms with Crippen LogP contribution in [0.25, 0.3) is 0 Å². The van der Waals surface area contributed by atoms with Crippen LogP contribution in [0.3, 0.4) is 0 Å². The normalized spacial score (nSPS) is 14.9. The summed E-state index contributed by atoms with van der Waals surface area (Å²) >= 11 is 0. The average molecular weight is 506 g/mol. The molecule has 0 spiro atoms. The molecular weight excluding hydrogens is 473 g/mol. The Balaban J connectivity index is 1.35. The van der Waals surface area contributed by atoms with Gasteiger partial charge in [0, 0.05) is 50.4 Å². The quantitative estimate of drug-likeness (QED) is 0.419. The van der Waals surface area contributed by atoms with E-state index >= 15 is 0 Å². The van der Waals surface area contributed by atoms with Gasteiger partial charge in [-0.15, -0.1) is 0 Å². The van der Waals surface area contributed by atoms with E-state index in [0.29, 0.717) is 17.2 Å².